The lowest BCUT2D eigenvalue weighted by Crippen LogP contribution is -1.83. The van der Waals surface area contributed by atoms with Gasteiger partial charge in [0, 0.05) is 11.1 Å². The topological polar surface area (TPSA) is 33.1 Å². The maximum atomic E-state index is 9.18. The van der Waals surface area contributed by atoms with Crippen molar-refractivity contribution in [1.82, 2.24) is 4.98 Å². The van der Waals surface area contributed by atoms with Crippen molar-refractivity contribution < 1.29 is 5.11 Å². The summed E-state index contributed by atoms with van der Waals surface area (Å²) >= 11 is 5.05. The summed E-state index contributed by atoms with van der Waals surface area (Å²) in [6.07, 6.45) is 1.84. The summed E-state index contributed by atoms with van der Waals surface area (Å²) in [7, 11) is 0. The van der Waals surface area contributed by atoms with E-state index in [0.717, 1.165) is 20.0 Å². The van der Waals surface area contributed by atoms with Crippen LogP contribution in [0.2, 0.25) is 0 Å². The van der Waals surface area contributed by atoms with Crippen molar-refractivity contribution in [3.05, 3.63) is 46.6 Å². The van der Waals surface area contributed by atoms with E-state index in [-0.39, 0.29) is 5.75 Å². The molecule has 4 heteroatoms. The Balaban J connectivity index is 2.23. The number of halogens is 1. The number of nitrogens with zero attached hydrogens (tertiary/aromatic N) is 1. The fourth-order valence-corrected chi connectivity index (χ4v) is 2.69. The molecule has 0 unspecified atom stereocenters. The van der Waals surface area contributed by atoms with E-state index in [2.05, 4.69) is 20.9 Å². The van der Waals surface area contributed by atoms with Crippen LogP contribution in [0.5, 0.6) is 5.75 Å². The highest BCUT2D eigenvalue weighted by molar-refractivity contribution is 9.10. The molecule has 82 valence electrons. The molecule has 1 heterocycles. The van der Waals surface area contributed by atoms with Crippen LogP contribution < -0.4 is 0 Å². The third kappa shape index (κ3) is 2.77. The van der Waals surface area contributed by atoms with Gasteiger partial charge in [0.2, 0.25) is 0 Å². The molecule has 0 saturated carbocycles. The first-order chi connectivity index (χ1) is 7.65. The Kier molecular flexibility index (Phi) is 3.51. The van der Waals surface area contributed by atoms with Crippen molar-refractivity contribution in [1.29, 1.82) is 0 Å². The standard InChI is InChI=1S/C12H10BrNOS/c1-8-6-11(13)12(14-7-8)16-10-4-2-9(15)3-5-10/h2-7,15H,1H3. The van der Waals surface area contributed by atoms with E-state index >= 15 is 0 Å². The van der Waals surface area contributed by atoms with Gasteiger partial charge in [-0.15, -0.1) is 0 Å². The van der Waals surface area contributed by atoms with Crippen LogP contribution in [0.15, 0.2) is 50.9 Å². The Bertz CT molecular complexity index is 499. The van der Waals surface area contributed by atoms with Crippen LogP contribution in [0, 0.1) is 6.92 Å². The second kappa shape index (κ2) is 4.89. The molecule has 1 N–H and O–H groups in total. The average Bonchev–Trinajstić information content (AvgIpc) is 2.25. The number of benzene rings is 1. The highest BCUT2D eigenvalue weighted by Crippen LogP contribution is 2.32. The number of aryl methyl sites for hydroxylation is 1. The van der Waals surface area contributed by atoms with E-state index in [9.17, 15) is 5.11 Å². The van der Waals surface area contributed by atoms with Gasteiger partial charge in [-0.2, -0.15) is 0 Å². The Hall–Kier alpha value is -1.00. The van der Waals surface area contributed by atoms with Crippen LogP contribution in [0.25, 0.3) is 0 Å². The van der Waals surface area contributed by atoms with Crippen LogP contribution in [-0.4, -0.2) is 10.1 Å². The predicted octanol–water partition coefficient (Wildman–Crippen LogP) is 4.01. The minimum absolute atomic E-state index is 0.278. The lowest BCUT2D eigenvalue weighted by atomic mass is 10.3. The molecule has 0 aliphatic heterocycles. The van der Waals surface area contributed by atoms with Crippen LogP contribution >= 0.6 is 27.7 Å². The lowest BCUT2D eigenvalue weighted by molar-refractivity contribution is 0.475. The molecule has 1 aromatic heterocycles. The summed E-state index contributed by atoms with van der Waals surface area (Å²) in [5, 5.41) is 10.1. The minimum Gasteiger partial charge on any atom is -0.508 e. The number of aromatic nitrogens is 1. The van der Waals surface area contributed by atoms with E-state index in [1.165, 1.54) is 0 Å². The Morgan fingerprint density at radius 1 is 1.25 bits per heavy atom. The summed E-state index contributed by atoms with van der Waals surface area (Å²) in [5.41, 5.74) is 1.13. The fraction of sp³-hybridized carbons (Fsp3) is 0.0833. The summed E-state index contributed by atoms with van der Waals surface area (Å²) in [6, 6.07) is 9.12. The number of phenolic OH excluding ortho intramolecular Hbond substituents is 1. The lowest BCUT2D eigenvalue weighted by Gasteiger charge is -2.04. The molecule has 0 bridgehead atoms. The summed E-state index contributed by atoms with van der Waals surface area (Å²) in [6.45, 7) is 2.01. The highest BCUT2D eigenvalue weighted by atomic mass is 79.9. The van der Waals surface area contributed by atoms with E-state index in [1.807, 2.05) is 31.3 Å². The molecule has 0 amide bonds. The molecule has 0 spiro atoms. The Morgan fingerprint density at radius 3 is 2.56 bits per heavy atom. The van der Waals surface area contributed by atoms with Crippen molar-refractivity contribution >= 4 is 27.7 Å². The second-order valence-electron chi connectivity index (χ2n) is 3.40. The molecular weight excluding hydrogens is 286 g/mol. The zero-order chi connectivity index (χ0) is 11.5. The van der Waals surface area contributed by atoms with Gasteiger partial charge in [-0.3, -0.25) is 0 Å². The van der Waals surface area contributed by atoms with Crippen LogP contribution in [-0.2, 0) is 0 Å². The van der Waals surface area contributed by atoms with Gasteiger partial charge in [0.25, 0.3) is 0 Å². The number of phenols is 1. The van der Waals surface area contributed by atoms with Crippen molar-refractivity contribution in [3.63, 3.8) is 0 Å². The van der Waals surface area contributed by atoms with Gasteiger partial charge in [0.1, 0.15) is 10.8 Å². The summed E-state index contributed by atoms with van der Waals surface area (Å²) < 4.78 is 0.991. The molecule has 1 aromatic carbocycles. The monoisotopic (exact) mass is 295 g/mol. The number of hydrogen-bond acceptors (Lipinski definition) is 3. The summed E-state index contributed by atoms with van der Waals surface area (Å²) in [5.74, 6) is 0.278. The van der Waals surface area contributed by atoms with Gasteiger partial charge in [-0.1, -0.05) is 11.8 Å². The van der Waals surface area contributed by atoms with Crippen molar-refractivity contribution in [3.8, 4) is 5.75 Å². The van der Waals surface area contributed by atoms with E-state index in [0.29, 0.717) is 0 Å². The number of pyridine rings is 1. The van der Waals surface area contributed by atoms with Crippen molar-refractivity contribution in [2.75, 3.05) is 0 Å². The quantitative estimate of drug-likeness (QED) is 0.909. The van der Waals surface area contributed by atoms with Crippen molar-refractivity contribution in [2.45, 2.75) is 16.8 Å². The second-order valence-corrected chi connectivity index (χ2v) is 5.31. The van der Waals surface area contributed by atoms with Crippen LogP contribution in [0.3, 0.4) is 0 Å². The summed E-state index contributed by atoms with van der Waals surface area (Å²) in [4.78, 5) is 5.40. The zero-order valence-electron chi connectivity index (χ0n) is 8.64. The molecular formula is C12H10BrNOS. The number of aromatic hydroxyl groups is 1. The Labute approximate surface area is 107 Å². The molecule has 0 atom stereocenters. The molecule has 0 radical (unpaired) electrons. The van der Waals surface area contributed by atoms with Crippen molar-refractivity contribution in [2.24, 2.45) is 0 Å². The third-order valence-electron chi connectivity index (χ3n) is 2.00. The average molecular weight is 296 g/mol. The first-order valence-electron chi connectivity index (χ1n) is 4.74. The molecule has 16 heavy (non-hydrogen) atoms. The number of hydrogen-bond donors (Lipinski definition) is 1. The van der Waals surface area contributed by atoms with Gasteiger partial charge in [-0.05, 0) is 58.7 Å². The highest BCUT2D eigenvalue weighted by Gasteiger charge is 2.04. The smallest absolute Gasteiger partial charge is 0.115 e. The molecule has 0 aliphatic rings. The van der Waals surface area contributed by atoms with Crippen LogP contribution in [0.1, 0.15) is 5.56 Å². The molecule has 2 rings (SSSR count). The number of rotatable bonds is 2. The largest absolute Gasteiger partial charge is 0.508 e. The maximum absolute atomic E-state index is 9.18. The van der Waals surface area contributed by atoms with E-state index in [1.54, 1.807) is 23.9 Å². The SMILES string of the molecule is Cc1cnc(Sc2ccc(O)cc2)c(Br)c1. The fourth-order valence-electron chi connectivity index (χ4n) is 1.22. The molecule has 0 aliphatic carbocycles. The third-order valence-corrected chi connectivity index (χ3v) is 3.89. The van der Waals surface area contributed by atoms with E-state index < -0.39 is 0 Å². The molecule has 2 aromatic rings. The normalized spacial score (nSPS) is 10.4. The van der Waals surface area contributed by atoms with E-state index in [4.69, 9.17) is 0 Å². The predicted molar refractivity (Wildman–Crippen MR) is 68.9 cm³/mol. The minimum atomic E-state index is 0.278. The van der Waals surface area contributed by atoms with Crippen LogP contribution in [0.4, 0.5) is 0 Å². The Morgan fingerprint density at radius 2 is 1.94 bits per heavy atom. The van der Waals surface area contributed by atoms with Gasteiger partial charge in [-0.25, -0.2) is 4.98 Å². The molecule has 2 nitrogen and oxygen atoms in total. The van der Waals surface area contributed by atoms with Gasteiger partial charge in [0.05, 0.1) is 4.47 Å². The zero-order valence-corrected chi connectivity index (χ0v) is 11.0. The van der Waals surface area contributed by atoms with Gasteiger partial charge in [0.15, 0.2) is 0 Å². The van der Waals surface area contributed by atoms with Gasteiger partial charge < -0.3 is 5.11 Å². The first kappa shape index (κ1) is 11.5. The maximum Gasteiger partial charge on any atom is 0.115 e. The first-order valence-corrected chi connectivity index (χ1v) is 6.35. The molecule has 0 saturated heterocycles. The van der Waals surface area contributed by atoms with Gasteiger partial charge >= 0.3 is 0 Å². The molecule has 0 fully saturated rings.